The molecule has 0 amide bonds. The molecule has 0 atom stereocenters. The van der Waals surface area contributed by atoms with Crippen LogP contribution in [0.5, 0.6) is 0 Å². The summed E-state index contributed by atoms with van der Waals surface area (Å²) in [6.07, 6.45) is 4.31. The summed E-state index contributed by atoms with van der Waals surface area (Å²) < 4.78 is 1.90. The lowest BCUT2D eigenvalue weighted by Gasteiger charge is -2.13. The predicted octanol–water partition coefficient (Wildman–Crippen LogP) is 2.79. The third kappa shape index (κ3) is 3.01. The molecule has 0 N–H and O–H groups in total. The SMILES string of the molecule is CN(C)c1ccc(-n2cccc2C=C[N+](=O)[O-])cc1. The van der Waals surface area contributed by atoms with Crippen molar-refractivity contribution in [3.05, 3.63) is 64.6 Å². The van der Waals surface area contributed by atoms with Gasteiger partial charge in [-0.2, -0.15) is 0 Å². The predicted molar refractivity (Wildman–Crippen MR) is 76.1 cm³/mol. The van der Waals surface area contributed by atoms with Gasteiger partial charge in [-0.25, -0.2) is 0 Å². The molecule has 98 valence electrons. The molecule has 5 nitrogen and oxygen atoms in total. The van der Waals surface area contributed by atoms with E-state index in [1.165, 1.54) is 6.08 Å². The van der Waals surface area contributed by atoms with Gasteiger partial charge in [0.1, 0.15) is 0 Å². The third-order valence-electron chi connectivity index (χ3n) is 2.79. The van der Waals surface area contributed by atoms with Gasteiger partial charge in [-0.05, 0) is 36.4 Å². The molecule has 5 heteroatoms. The number of benzene rings is 1. The minimum atomic E-state index is -0.466. The summed E-state index contributed by atoms with van der Waals surface area (Å²) in [7, 11) is 3.96. The number of hydrogen-bond acceptors (Lipinski definition) is 3. The van der Waals surface area contributed by atoms with Gasteiger partial charge in [0.2, 0.25) is 6.20 Å². The fraction of sp³-hybridized carbons (Fsp3) is 0.143. The summed E-state index contributed by atoms with van der Waals surface area (Å²) in [6.45, 7) is 0. The topological polar surface area (TPSA) is 51.3 Å². The molecule has 1 aromatic carbocycles. The molecule has 2 aromatic rings. The van der Waals surface area contributed by atoms with Crippen LogP contribution in [0.4, 0.5) is 5.69 Å². The lowest BCUT2D eigenvalue weighted by Crippen LogP contribution is -2.08. The summed E-state index contributed by atoms with van der Waals surface area (Å²) in [6, 6.07) is 11.7. The molecule has 19 heavy (non-hydrogen) atoms. The molecule has 0 saturated heterocycles. The Morgan fingerprint density at radius 3 is 2.47 bits per heavy atom. The molecule has 1 heterocycles. The largest absolute Gasteiger partial charge is 0.378 e. The average molecular weight is 257 g/mol. The number of nitro groups is 1. The van der Waals surface area contributed by atoms with Crippen LogP contribution in [-0.4, -0.2) is 23.6 Å². The van der Waals surface area contributed by atoms with Gasteiger partial charge in [0, 0.05) is 37.7 Å². The normalized spacial score (nSPS) is 10.8. The van der Waals surface area contributed by atoms with Crippen molar-refractivity contribution in [2.75, 3.05) is 19.0 Å². The Hall–Kier alpha value is -2.56. The van der Waals surface area contributed by atoms with E-state index in [0.29, 0.717) is 0 Å². The van der Waals surface area contributed by atoms with Gasteiger partial charge in [-0.15, -0.1) is 0 Å². The van der Waals surface area contributed by atoms with Crippen LogP contribution in [0, 0.1) is 10.1 Å². The third-order valence-corrected chi connectivity index (χ3v) is 2.79. The fourth-order valence-corrected chi connectivity index (χ4v) is 1.81. The number of nitrogens with zero attached hydrogens (tertiary/aromatic N) is 3. The maximum atomic E-state index is 10.4. The zero-order valence-electron chi connectivity index (χ0n) is 10.9. The Bertz CT molecular complexity index is 597. The smallest absolute Gasteiger partial charge is 0.236 e. The Kier molecular flexibility index (Phi) is 3.66. The van der Waals surface area contributed by atoms with E-state index in [0.717, 1.165) is 23.3 Å². The second-order valence-electron chi connectivity index (χ2n) is 4.31. The Morgan fingerprint density at radius 1 is 1.21 bits per heavy atom. The molecule has 0 bridgehead atoms. The van der Waals surface area contributed by atoms with E-state index in [1.54, 1.807) is 0 Å². The summed E-state index contributed by atoms with van der Waals surface area (Å²) in [5.41, 5.74) is 2.85. The Labute approximate surface area is 111 Å². The van der Waals surface area contributed by atoms with Crippen LogP contribution in [0.2, 0.25) is 0 Å². The maximum Gasteiger partial charge on any atom is 0.236 e. The number of hydrogen-bond donors (Lipinski definition) is 0. The molecule has 0 aliphatic heterocycles. The van der Waals surface area contributed by atoms with Crippen LogP contribution in [0.15, 0.2) is 48.8 Å². The van der Waals surface area contributed by atoms with Gasteiger partial charge < -0.3 is 9.47 Å². The van der Waals surface area contributed by atoms with Gasteiger partial charge >= 0.3 is 0 Å². The lowest BCUT2D eigenvalue weighted by molar-refractivity contribution is -0.401. The molecule has 0 saturated carbocycles. The summed E-state index contributed by atoms with van der Waals surface area (Å²) >= 11 is 0. The summed E-state index contributed by atoms with van der Waals surface area (Å²) in [5, 5.41) is 10.4. The van der Waals surface area contributed by atoms with E-state index in [4.69, 9.17) is 0 Å². The first-order valence-electron chi connectivity index (χ1n) is 5.85. The van der Waals surface area contributed by atoms with Crippen molar-refractivity contribution >= 4 is 11.8 Å². The van der Waals surface area contributed by atoms with Crippen LogP contribution < -0.4 is 4.90 Å². The highest BCUT2D eigenvalue weighted by Crippen LogP contribution is 2.18. The van der Waals surface area contributed by atoms with E-state index in [-0.39, 0.29) is 0 Å². The van der Waals surface area contributed by atoms with Crippen molar-refractivity contribution in [2.45, 2.75) is 0 Å². The summed E-state index contributed by atoms with van der Waals surface area (Å²) in [5.74, 6) is 0. The van der Waals surface area contributed by atoms with Crippen molar-refractivity contribution in [1.82, 2.24) is 4.57 Å². The quantitative estimate of drug-likeness (QED) is 0.625. The maximum absolute atomic E-state index is 10.4. The van der Waals surface area contributed by atoms with Gasteiger partial charge in [-0.3, -0.25) is 10.1 Å². The number of aromatic nitrogens is 1. The van der Waals surface area contributed by atoms with Crippen molar-refractivity contribution in [3.63, 3.8) is 0 Å². The zero-order valence-corrected chi connectivity index (χ0v) is 10.9. The molecular weight excluding hydrogens is 242 g/mol. The van der Waals surface area contributed by atoms with Crippen LogP contribution in [-0.2, 0) is 0 Å². The van der Waals surface area contributed by atoms with Crippen LogP contribution >= 0.6 is 0 Å². The highest BCUT2D eigenvalue weighted by Gasteiger charge is 2.02. The minimum absolute atomic E-state index is 0.466. The molecule has 2 rings (SSSR count). The standard InChI is InChI=1S/C14H15N3O2/c1-15(2)12-5-7-14(8-6-12)16-10-3-4-13(16)9-11-17(18)19/h3-11H,1-2H3. The molecule has 0 radical (unpaired) electrons. The molecule has 0 aliphatic rings. The highest BCUT2D eigenvalue weighted by molar-refractivity contribution is 5.54. The molecule has 0 spiro atoms. The zero-order chi connectivity index (χ0) is 13.8. The fourth-order valence-electron chi connectivity index (χ4n) is 1.81. The van der Waals surface area contributed by atoms with Crippen LogP contribution in [0.1, 0.15) is 5.69 Å². The molecular formula is C14H15N3O2. The van der Waals surface area contributed by atoms with E-state index in [2.05, 4.69) is 0 Å². The number of rotatable bonds is 4. The first-order chi connectivity index (χ1) is 9.08. The Morgan fingerprint density at radius 2 is 1.89 bits per heavy atom. The average Bonchev–Trinajstić information content (AvgIpc) is 2.84. The monoisotopic (exact) mass is 257 g/mol. The first kappa shape index (κ1) is 12.9. The van der Waals surface area contributed by atoms with Crippen LogP contribution in [0.3, 0.4) is 0 Å². The second-order valence-corrected chi connectivity index (χ2v) is 4.31. The molecule has 1 aromatic heterocycles. The first-order valence-corrected chi connectivity index (χ1v) is 5.85. The second kappa shape index (κ2) is 5.39. The van der Waals surface area contributed by atoms with E-state index in [1.807, 2.05) is 66.2 Å². The number of anilines is 1. The van der Waals surface area contributed by atoms with Gasteiger partial charge in [0.15, 0.2) is 0 Å². The van der Waals surface area contributed by atoms with E-state index in [9.17, 15) is 10.1 Å². The molecule has 0 aliphatic carbocycles. The lowest BCUT2D eigenvalue weighted by atomic mass is 10.2. The molecule has 0 unspecified atom stereocenters. The highest BCUT2D eigenvalue weighted by atomic mass is 16.6. The van der Waals surface area contributed by atoms with Gasteiger partial charge in [-0.1, -0.05) is 0 Å². The molecule has 0 fully saturated rings. The summed E-state index contributed by atoms with van der Waals surface area (Å²) in [4.78, 5) is 11.9. The van der Waals surface area contributed by atoms with Crippen molar-refractivity contribution < 1.29 is 4.92 Å². The van der Waals surface area contributed by atoms with Crippen molar-refractivity contribution in [3.8, 4) is 5.69 Å². The Balaban J connectivity index is 2.32. The van der Waals surface area contributed by atoms with Gasteiger partial charge in [0.25, 0.3) is 0 Å². The van der Waals surface area contributed by atoms with Gasteiger partial charge in [0.05, 0.1) is 10.6 Å². The van der Waals surface area contributed by atoms with Crippen molar-refractivity contribution in [1.29, 1.82) is 0 Å². The van der Waals surface area contributed by atoms with Crippen molar-refractivity contribution in [2.24, 2.45) is 0 Å². The minimum Gasteiger partial charge on any atom is -0.378 e. The van der Waals surface area contributed by atoms with Crippen LogP contribution in [0.25, 0.3) is 11.8 Å². The van der Waals surface area contributed by atoms with E-state index >= 15 is 0 Å². The van der Waals surface area contributed by atoms with E-state index < -0.39 is 4.92 Å².